The van der Waals surface area contributed by atoms with E-state index in [9.17, 15) is 0 Å². The van der Waals surface area contributed by atoms with Crippen molar-refractivity contribution in [1.82, 2.24) is 10.3 Å². The van der Waals surface area contributed by atoms with E-state index in [0.717, 1.165) is 24.4 Å². The SMILES string of the molecule is CSCCCNC(=S)Nc1cccnc1. The summed E-state index contributed by atoms with van der Waals surface area (Å²) in [6.45, 7) is 0.910. The van der Waals surface area contributed by atoms with Crippen molar-refractivity contribution >= 4 is 34.8 Å². The summed E-state index contributed by atoms with van der Waals surface area (Å²) in [5.41, 5.74) is 0.917. The largest absolute Gasteiger partial charge is 0.362 e. The zero-order valence-electron chi connectivity index (χ0n) is 8.69. The van der Waals surface area contributed by atoms with Crippen molar-refractivity contribution in [3.63, 3.8) is 0 Å². The van der Waals surface area contributed by atoms with Crippen LogP contribution >= 0.6 is 24.0 Å². The maximum Gasteiger partial charge on any atom is 0.170 e. The van der Waals surface area contributed by atoms with Gasteiger partial charge in [0.15, 0.2) is 5.11 Å². The normalized spacial score (nSPS) is 9.67. The minimum absolute atomic E-state index is 0.657. The lowest BCUT2D eigenvalue weighted by molar-refractivity contribution is 0.855. The molecule has 0 saturated carbocycles. The second-order valence-electron chi connectivity index (χ2n) is 2.97. The van der Waals surface area contributed by atoms with Gasteiger partial charge in [-0.1, -0.05) is 0 Å². The Hall–Kier alpha value is -0.810. The van der Waals surface area contributed by atoms with Crippen LogP contribution in [0.4, 0.5) is 5.69 Å². The van der Waals surface area contributed by atoms with Gasteiger partial charge in [-0.15, -0.1) is 0 Å². The minimum atomic E-state index is 0.657. The van der Waals surface area contributed by atoms with Gasteiger partial charge >= 0.3 is 0 Å². The number of rotatable bonds is 5. The second-order valence-corrected chi connectivity index (χ2v) is 4.36. The number of thiocarbonyl (C=S) groups is 1. The number of thioether (sulfide) groups is 1. The molecule has 3 nitrogen and oxygen atoms in total. The van der Waals surface area contributed by atoms with Crippen molar-refractivity contribution in [3.8, 4) is 0 Å². The van der Waals surface area contributed by atoms with E-state index in [1.165, 1.54) is 0 Å². The van der Waals surface area contributed by atoms with Gasteiger partial charge in [-0.3, -0.25) is 4.98 Å². The zero-order chi connectivity index (χ0) is 10.9. The molecule has 0 saturated heterocycles. The Morgan fingerprint density at radius 3 is 3.13 bits per heavy atom. The molecule has 5 heteroatoms. The third-order valence-electron chi connectivity index (χ3n) is 1.73. The van der Waals surface area contributed by atoms with E-state index in [1.54, 1.807) is 12.4 Å². The summed E-state index contributed by atoms with van der Waals surface area (Å²) in [4.78, 5) is 3.99. The van der Waals surface area contributed by atoms with Gasteiger partial charge in [0.05, 0.1) is 11.9 Å². The zero-order valence-corrected chi connectivity index (χ0v) is 10.3. The van der Waals surface area contributed by atoms with Crippen molar-refractivity contribution < 1.29 is 0 Å². The van der Waals surface area contributed by atoms with Crippen molar-refractivity contribution in [3.05, 3.63) is 24.5 Å². The molecule has 0 aliphatic carbocycles. The highest BCUT2D eigenvalue weighted by Gasteiger charge is 1.95. The number of hydrogen-bond acceptors (Lipinski definition) is 3. The molecule has 1 aromatic rings. The standard InChI is InChI=1S/C10H15N3S2/c1-15-7-3-6-12-10(14)13-9-4-2-5-11-8-9/h2,4-5,8H,3,6-7H2,1H3,(H2,12,13,14). The first kappa shape index (κ1) is 12.3. The molecular formula is C10H15N3S2. The van der Waals surface area contributed by atoms with Crippen LogP contribution in [0.1, 0.15) is 6.42 Å². The summed E-state index contributed by atoms with van der Waals surface area (Å²) in [6, 6.07) is 3.81. The molecule has 0 aliphatic heterocycles. The van der Waals surface area contributed by atoms with Crippen molar-refractivity contribution in [2.45, 2.75) is 6.42 Å². The molecule has 0 spiro atoms. The number of pyridine rings is 1. The van der Waals surface area contributed by atoms with Gasteiger partial charge in [-0.2, -0.15) is 11.8 Å². The molecule has 0 amide bonds. The number of anilines is 1. The smallest absolute Gasteiger partial charge is 0.170 e. The Kier molecular flexibility index (Phi) is 6.11. The van der Waals surface area contributed by atoms with Crippen LogP contribution in [0.2, 0.25) is 0 Å². The third kappa shape index (κ3) is 5.59. The Balaban J connectivity index is 2.19. The topological polar surface area (TPSA) is 37.0 Å². The third-order valence-corrected chi connectivity index (χ3v) is 2.67. The van der Waals surface area contributed by atoms with Gasteiger partial charge in [-0.05, 0) is 42.8 Å². The Bertz CT molecular complexity index is 290. The molecule has 1 heterocycles. The molecule has 0 unspecified atom stereocenters. The van der Waals surface area contributed by atoms with E-state index in [0.29, 0.717) is 5.11 Å². The number of nitrogens with zero attached hydrogens (tertiary/aromatic N) is 1. The number of nitrogens with one attached hydrogen (secondary N) is 2. The van der Waals surface area contributed by atoms with Crippen LogP contribution in [0, 0.1) is 0 Å². The Morgan fingerprint density at radius 2 is 2.47 bits per heavy atom. The molecule has 15 heavy (non-hydrogen) atoms. The maximum absolute atomic E-state index is 5.13. The van der Waals surface area contributed by atoms with E-state index >= 15 is 0 Å². The molecule has 0 atom stereocenters. The predicted molar refractivity (Wildman–Crippen MR) is 71.5 cm³/mol. The van der Waals surface area contributed by atoms with E-state index in [1.807, 2.05) is 23.9 Å². The fourth-order valence-electron chi connectivity index (χ4n) is 1.03. The first-order valence-corrected chi connectivity index (χ1v) is 6.57. The van der Waals surface area contributed by atoms with E-state index in [4.69, 9.17) is 12.2 Å². The quantitative estimate of drug-likeness (QED) is 0.610. The van der Waals surface area contributed by atoms with Gasteiger partial charge in [0.25, 0.3) is 0 Å². The van der Waals surface area contributed by atoms with Gasteiger partial charge in [0, 0.05) is 12.7 Å². The summed E-state index contributed by atoms with van der Waals surface area (Å²) in [7, 11) is 0. The highest BCUT2D eigenvalue weighted by molar-refractivity contribution is 7.98. The summed E-state index contributed by atoms with van der Waals surface area (Å²) >= 11 is 6.97. The fourth-order valence-corrected chi connectivity index (χ4v) is 1.68. The number of hydrogen-bond donors (Lipinski definition) is 2. The average molecular weight is 241 g/mol. The molecule has 1 rings (SSSR count). The monoisotopic (exact) mass is 241 g/mol. The van der Waals surface area contributed by atoms with E-state index < -0.39 is 0 Å². The molecule has 1 aromatic heterocycles. The molecule has 0 aromatic carbocycles. The Morgan fingerprint density at radius 1 is 1.60 bits per heavy atom. The lowest BCUT2D eigenvalue weighted by Gasteiger charge is -2.09. The van der Waals surface area contributed by atoms with Gasteiger partial charge in [-0.25, -0.2) is 0 Å². The fraction of sp³-hybridized carbons (Fsp3) is 0.400. The van der Waals surface area contributed by atoms with Crippen LogP contribution in [-0.2, 0) is 0 Å². The van der Waals surface area contributed by atoms with Crippen LogP contribution in [0.25, 0.3) is 0 Å². The molecule has 0 radical (unpaired) electrons. The maximum atomic E-state index is 5.13. The first-order chi connectivity index (χ1) is 7.33. The molecule has 0 aliphatic rings. The molecule has 82 valence electrons. The van der Waals surface area contributed by atoms with Gasteiger partial charge < -0.3 is 10.6 Å². The van der Waals surface area contributed by atoms with Gasteiger partial charge in [0.2, 0.25) is 0 Å². The van der Waals surface area contributed by atoms with Crippen LogP contribution in [-0.4, -0.2) is 28.6 Å². The van der Waals surface area contributed by atoms with Crippen molar-refractivity contribution in [2.75, 3.05) is 23.9 Å². The van der Waals surface area contributed by atoms with E-state index in [-0.39, 0.29) is 0 Å². The second kappa shape index (κ2) is 7.48. The molecular weight excluding hydrogens is 226 g/mol. The minimum Gasteiger partial charge on any atom is -0.362 e. The first-order valence-electron chi connectivity index (χ1n) is 4.77. The summed E-state index contributed by atoms with van der Waals surface area (Å²) in [6.07, 6.45) is 6.71. The molecule has 0 fully saturated rings. The van der Waals surface area contributed by atoms with Crippen LogP contribution in [0.15, 0.2) is 24.5 Å². The van der Waals surface area contributed by atoms with E-state index in [2.05, 4.69) is 21.9 Å². The summed E-state index contributed by atoms with van der Waals surface area (Å²) in [5, 5.41) is 6.87. The van der Waals surface area contributed by atoms with Crippen LogP contribution < -0.4 is 10.6 Å². The van der Waals surface area contributed by atoms with Crippen LogP contribution in [0.5, 0.6) is 0 Å². The Labute approximate surface area is 100 Å². The summed E-state index contributed by atoms with van der Waals surface area (Å²) < 4.78 is 0. The number of aromatic nitrogens is 1. The average Bonchev–Trinajstić information content (AvgIpc) is 2.26. The van der Waals surface area contributed by atoms with Crippen molar-refractivity contribution in [2.24, 2.45) is 0 Å². The lowest BCUT2D eigenvalue weighted by Crippen LogP contribution is -2.29. The molecule has 2 N–H and O–H groups in total. The highest BCUT2D eigenvalue weighted by Crippen LogP contribution is 2.01. The predicted octanol–water partition coefficient (Wildman–Crippen LogP) is 2.12. The van der Waals surface area contributed by atoms with Crippen molar-refractivity contribution in [1.29, 1.82) is 0 Å². The molecule has 0 bridgehead atoms. The van der Waals surface area contributed by atoms with Gasteiger partial charge in [0.1, 0.15) is 0 Å². The highest BCUT2D eigenvalue weighted by atomic mass is 32.2. The van der Waals surface area contributed by atoms with Crippen LogP contribution in [0.3, 0.4) is 0 Å². The lowest BCUT2D eigenvalue weighted by atomic mass is 10.4. The summed E-state index contributed by atoms with van der Waals surface area (Å²) in [5.74, 6) is 1.16.